The Labute approximate surface area is 116 Å². The Morgan fingerprint density at radius 1 is 1.42 bits per heavy atom. The van der Waals surface area contributed by atoms with Crippen molar-refractivity contribution in [3.8, 4) is 5.75 Å². The molecule has 0 radical (unpaired) electrons. The van der Waals surface area contributed by atoms with E-state index in [0.29, 0.717) is 12.0 Å². The van der Waals surface area contributed by atoms with E-state index in [2.05, 4.69) is 49.4 Å². The molecule has 1 fully saturated rings. The first-order valence-corrected chi connectivity index (χ1v) is 7.21. The Bertz CT molecular complexity index is 411. The van der Waals surface area contributed by atoms with E-state index in [0.717, 1.165) is 25.3 Å². The van der Waals surface area contributed by atoms with E-state index in [4.69, 9.17) is 4.74 Å². The first kappa shape index (κ1) is 14.4. The fourth-order valence-electron chi connectivity index (χ4n) is 3.20. The minimum Gasteiger partial charge on any atom is -0.496 e. The highest BCUT2D eigenvalue weighted by atomic mass is 16.5. The molecule has 2 unspecified atom stereocenters. The molecule has 19 heavy (non-hydrogen) atoms. The van der Waals surface area contributed by atoms with Gasteiger partial charge in [-0.1, -0.05) is 19.1 Å². The lowest BCUT2D eigenvalue weighted by Gasteiger charge is -2.30. The summed E-state index contributed by atoms with van der Waals surface area (Å²) in [5.74, 6) is 1.71. The number of methoxy groups -OCH3 is 1. The van der Waals surface area contributed by atoms with Crippen LogP contribution in [0.1, 0.15) is 30.5 Å². The van der Waals surface area contributed by atoms with Crippen molar-refractivity contribution >= 4 is 0 Å². The van der Waals surface area contributed by atoms with Crippen molar-refractivity contribution < 1.29 is 4.74 Å². The van der Waals surface area contributed by atoms with Crippen LogP contribution in [-0.4, -0.2) is 39.2 Å². The quantitative estimate of drug-likeness (QED) is 0.882. The molecule has 3 heteroatoms. The number of nitrogens with one attached hydrogen (secondary N) is 1. The van der Waals surface area contributed by atoms with Gasteiger partial charge in [0.05, 0.1) is 7.11 Å². The Balaban J connectivity index is 2.30. The molecule has 1 aromatic rings. The van der Waals surface area contributed by atoms with E-state index < -0.39 is 0 Å². The van der Waals surface area contributed by atoms with Gasteiger partial charge in [-0.2, -0.15) is 0 Å². The summed E-state index contributed by atoms with van der Waals surface area (Å²) >= 11 is 0. The second-order valence-electron chi connectivity index (χ2n) is 5.59. The lowest BCUT2D eigenvalue weighted by atomic mass is 9.90. The zero-order valence-electron chi connectivity index (χ0n) is 12.6. The van der Waals surface area contributed by atoms with Crippen molar-refractivity contribution in [1.29, 1.82) is 0 Å². The third-order valence-electron chi connectivity index (χ3n) is 4.13. The molecule has 1 aliphatic heterocycles. The highest BCUT2D eigenvalue weighted by Gasteiger charge is 2.28. The third-order valence-corrected chi connectivity index (χ3v) is 4.13. The van der Waals surface area contributed by atoms with Gasteiger partial charge in [0.1, 0.15) is 5.75 Å². The van der Waals surface area contributed by atoms with Crippen LogP contribution in [0, 0.1) is 5.92 Å². The zero-order chi connectivity index (χ0) is 13.8. The van der Waals surface area contributed by atoms with Crippen LogP contribution in [0.3, 0.4) is 0 Å². The van der Waals surface area contributed by atoms with Crippen molar-refractivity contribution in [2.24, 2.45) is 5.92 Å². The Morgan fingerprint density at radius 3 is 2.74 bits per heavy atom. The maximum Gasteiger partial charge on any atom is 0.122 e. The summed E-state index contributed by atoms with van der Waals surface area (Å²) < 4.78 is 5.43. The van der Waals surface area contributed by atoms with Crippen LogP contribution >= 0.6 is 0 Å². The number of rotatable bonds is 5. The summed E-state index contributed by atoms with van der Waals surface area (Å²) in [6.07, 6.45) is 2.27. The van der Waals surface area contributed by atoms with E-state index in [1.54, 1.807) is 7.11 Å². The van der Waals surface area contributed by atoms with Crippen LogP contribution in [0.4, 0.5) is 0 Å². The molecular formula is C16H26N2O. The van der Waals surface area contributed by atoms with Crippen molar-refractivity contribution in [3.63, 3.8) is 0 Å². The topological polar surface area (TPSA) is 24.5 Å². The molecule has 1 heterocycles. The van der Waals surface area contributed by atoms with Crippen LogP contribution in [0.25, 0.3) is 0 Å². The Hall–Kier alpha value is -1.06. The number of hydrogen-bond donors (Lipinski definition) is 1. The van der Waals surface area contributed by atoms with Gasteiger partial charge < -0.3 is 15.0 Å². The number of aryl methyl sites for hydroxylation is 1. The molecule has 1 aromatic carbocycles. The van der Waals surface area contributed by atoms with Gasteiger partial charge in [0.15, 0.2) is 0 Å². The molecule has 1 saturated heterocycles. The average molecular weight is 262 g/mol. The first-order chi connectivity index (χ1) is 9.17. The maximum absolute atomic E-state index is 5.43. The SMILES string of the molecule is CCc1cc(C(C2CCNC2)N(C)C)ccc1OC. The minimum atomic E-state index is 0.492. The normalized spacial score (nSPS) is 20.8. The lowest BCUT2D eigenvalue weighted by molar-refractivity contribution is 0.223. The lowest BCUT2D eigenvalue weighted by Crippen LogP contribution is -2.29. The molecule has 1 aliphatic rings. The molecule has 0 spiro atoms. The summed E-state index contributed by atoms with van der Waals surface area (Å²) in [6.45, 7) is 4.45. The molecule has 2 atom stereocenters. The molecule has 0 aromatic heterocycles. The number of ether oxygens (including phenoxy) is 1. The summed E-state index contributed by atoms with van der Waals surface area (Å²) in [4.78, 5) is 2.35. The van der Waals surface area contributed by atoms with Crippen LogP contribution in [-0.2, 0) is 6.42 Å². The molecular weight excluding hydrogens is 236 g/mol. The first-order valence-electron chi connectivity index (χ1n) is 7.21. The summed E-state index contributed by atoms with van der Waals surface area (Å²) in [5, 5.41) is 3.48. The fourth-order valence-corrected chi connectivity index (χ4v) is 3.20. The molecule has 3 nitrogen and oxygen atoms in total. The highest BCUT2D eigenvalue weighted by molar-refractivity contribution is 5.38. The zero-order valence-corrected chi connectivity index (χ0v) is 12.6. The van der Waals surface area contributed by atoms with Gasteiger partial charge in [0, 0.05) is 6.04 Å². The number of nitrogens with zero attached hydrogens (tertiary/aromatic N) is 1. The summed E-state index contributed by atoms with van der Waals surface area (Å²) in [6, 6.07) is 7.15. The molecule has 1 N–H and O–H groups in total. The third kappa shape index (κ3) is 3.10. The van der Waals surface area contributed by atoms with Crippen molar-refractivity contribution in [2.75, 3.05) is 34.3 Å². The molecule has 2 rings (SSSR count). The Kier molecular flexibility index (Phi) is 4.83. The van der Waals surface area contributed by atoms with Crippen molar-refractivity contribution in [3.05, 3.63) is 29.3 Å². The van der Waals surface area contributed by atoms with Gasteiger partial charge in [-0.15, -0.1) is 0 Å². The maximum atomic E-state index is 5.43. The predicted octanol–water partition coefficient (Wildman–Crippen LogP) is 2.47. The summed E-state index contributed by atoms with van der Waals surface area (Å²) in [7, 11) is 6.11. The number of hydrogen-bond acceptors (Lipinski definition) is 3. The smallest absolute Gasteiger partial charge is 0.122 e. The van der Waals surface area contributed by atoms with Crippen LogP contribution in [0.5, 0.6) is 5.75 Å². The second kappa shape index (κ2) is 6.40. The highest BCUT2D eigenvalue weighted by Crippen LogP contribution is 2.33. The molecule has 0 amide bonds. The van der Waals surface area contributed by atoms with Gasteiger partial charge in [-0.05, 0) is 63.1 Å². The van der Waals surface area contributed by atoms with Crippen molar-refractivity contribution in [1.82, 2.24) is 10.2 Å². The minimum absolute atomic E-state index is 0.492. The predicted molar refractivity (Wildman–Crippen MR) is 79.8 cm³/mol. The second-order valence-corrected chi connectivity index (χ2v) is 5.59. The van der Waals surface area contributed by atoms with Gasteiger partial charge in [0.25, 0.3) is 0 Å². The van der Waals surface area contributed by atoms with E-state index in [9.17, 15) is 0 Å². The van der Waals surface area contributed by atoms with E-state index in [1.807, 2.05) is 0 Å². The largest absolute Gasteiger partial charge is 0.496 e. The Morgan fingerprint density at radius 2 is 2.21 bits per heavy atom. The van der Waals surface area contributed by atoms with Gasteiger partial charge >= 0.3 is 0 Å². The molecule has 0 aliphatic carbocycles. The molecule has 0 saturated carbocycles. The van der Waals surface area contributed by atoms with Crippen molar-refractivity contribution in [2.45, 2.75) is 25.8 Å². The van der Waals surface area contributed by atoms with Crippen LogP contribution < -0.4 is 10.1 Å². The van der Waals surface area contributed by atoms with Crippen LogP contribution in [0.15, 0.2) is 18.2 Å². The standard InChI is InChI=1S/C16H26N2O/c1-5-12-10-13(6-7-15(12)19-4)16(18(2)3)14-8-9-17-11-14/h6-7,10,14,16-17H,5,8-9,11H2,1-4H3. The van der Waals surface area contributed by atoms with Gasteiger partial charge in [0.2, 0.25) is 0 Å². The monoisotopic (exact) mass is 262 g/mol. The van der Waals surface area contributed by atoms with E-state index >= 15 is 0 Å². The molecule has 106 valence electrons. The van der Waals surface area contributed by atoms with Gasteiger partial charge in [-0.25, -0.2) is 0 Å². The van der Waals surface area contributed by atoms with E-state index in [1.165, 1.54) is 17.5 Å². The fraction of sp³-hybridized carbons (Fsp3) is 0.625. The van der Waals surface area contributed by atoms with Crippen LogP contribution in [0.2, 0.25) is 0 Å². The average Bonchev–Trinajstić information content (AvgIpc) is 2.92. The number of benzene rings is 1. The summed E-state index contributed by atoms with van der Waals surface area (Å²) in [5.41, 5.74) is 2.72. The molecule has 0 bridgehead atoms. The van der Waals surface area contributed by atoms with E-state index in [-0.39, 0.29) is 0 Å². The van der Waals surface area contributed by atoms with Gasteiger partial charge in [-0.3, -0.25) is 0 Å².